The Bertz CT molecular complexity index is 705. The fourth-order valence-corrected chi connectivity index (χ4v) is 4.62. The van der Waals surface area contributed by atoms with Crippen LogP contribution >= 0.6 is 23.7 Å². The molecule has 0 bridgehead atoms. The minimum atomic E-state index is 0. The molecule has 1 aliphatic carbocycles. The van der Waals surface area contributed by atoms with Gasteiger partial charge in [-0.3, -0.25) is 4.79 Å². The van der Waals surface area contributed by atoms with E-state index < -0.39 is 0 Å². The van der Waals surface area contributed by atoms with Crippen LogP contribution in [0, 0.1) is 0 Å². The second-order valence-electron chi connectivity index (χ2n) is 6.02. The van der Waals surface area contributed by atoms with E-state index in [0.717, 1.165) is 50.3 Å². The van der Waals surface area contributed by atoms with Gasteiger partial charge in [-0.05, 0) is 48.6 Å². The van der Waals surface area contributed by atoms with Crippen LogP contribution in [0.3, 0.4) is 0 Å². The number of hydrogen-bond acceptors (Lipinski definition) is 3. The number of nitrogens with one attached hydrogen (secondary N) is 1. The quantitative estimate of drug-likeness (QED) is 0.857. The van der Waals surface area contributed by atoms with Gasteiger partial charge in [-0.25, -0.2) is 0 Å². The van der Waals surface area contributed by atoms with Crippen molar-refractivity contribution in [1.82, 2.24) is 10.2 Å². The molecule has 5 heteroatoms. The third kappa shape index (κ3) is 3.16. The van der Waals surface area contributed by atoms with Gasteiger partial charge in [0, 0.05) is 24.5 Å². The highest BCUT2D eigenvalue weighted by molar-refractivity contribution is 7.17. The highest BCUT2D eigenvalue weighted by atomic mass is 35.5. The van der Waals surface area contributed by atoms with Gasteiger partial charge in [0.25, 0.3) is 5.91 Å². The molecule has 122 valence electrons. The summed E-state index contributed by atoms with van der Waals surface area (Å²) in [6.07, 6.45) is 3.18. The van der Waals surface area contributed by atoms with Gasteiger partial charge in [0.05, 0.1) is 4.88 Å². The molecule has 4 rings (SSSR count). The van der Waals surface area contributed by atoms with E-state index in [1.165, 1.54) is 21.6 Å². The van der Waals surface area contributed by atoms with Crippen LogP contribution in [0.25, 0.3) is 10.4 Å². The lowest BCUT2D eigenvalue weighted by molar-refractivity contribution is 0.0771. The second kappa shape index (κ2) is 7.04. The number of carbonyl (C=O) groups excluding carboxylic acids is 1. The monoisotopic (exact) mass is 348 g/mol. The first-order valence-corrected chi connectivity index (χ1v) is 8.85. The van der Waals surface area contributed by atoms with Gasteiger partial charge in [0.15, 0.2) is 0 Å². The zero-order chi connectivity index (χ0) is 14.9. The molecular weight excluding hydrogens is 328 g/mol. The maximum Gasteiger partial charge on any atom is 0.263 e. The third-order valence-electron chi connectivity index (χ3n) is 4.57. The normalized spacial score (nSPS) is 16.8. The molecule has 2 aliphatic rings. The lowest BCUT2D eigenvalue weighted by Crippen LogP contribution is -2.33. The molecule has 2 aromatic rings. The molecule has 0 saturated carbocycles. The third-order valence-corrected chi connectivity index (χ3v) is 5.77. The van der Waals surface area contributed by atoms with E-state index in [2.05, 4.69) is 35.6 Å². The van der Waals surface area contributed by atoms with Gasteiger partial charge in [-0.2, -0.15) is 0 Å². The van der Waals surface area contributed by atoms with E-state index in [0.29, 0.717) is 0 Å². The van der Waals surface area contributed by atoms with Crippen molar-refractivity contribution in [1.29, 1.82) is 0 Å². The molecule has 23 heavy (non-hydrogen) atoms. The Morgan fingerprint density at radius 1 is 1.09 bits per heavy atom. The minimum Gasteiger partial charge on any atom is -0.337 e. The molecule has 1 fully saturated rings. The summed E-state index contributed by atoms with van der Waals surface area (Å²) in [4.78, 5) is 17.0. The topological polar surface area (TPSA) is 32.3 Å². The molecule has 0 atom stereocenters. The summed E-state index contributed by atoms with van der Waals surface area (Å²) < 4.78 is 0. The summed E-state index contributed by atoms with van der Waals surface area (Å²) in [6.45, 7) is 3.60. The summed E-state index contributed by atoms with van der Waals surface area (Å²) in [5.74, 6) is 0.209. The predicted molar refractivity (Wildman–Crippen MR) is 97.8 cm³/mol. The fourth-order valence-electron chi connectivity index (χ4n) is 3.38. The molecule has 0 radical (unpaired) electrons. The number of carbonyl (C=O) groups is 1. The van der Waals surface area contributed by atoms with Gasteiger partial charge in [-0.1, -0.05) is 24.3 Å². The number of thiophene rings is 1. The van der Waals surface area contributed by atoms with Crippen LogP contribution in [0.2, 0.25) is 0 Å². The molecule has 1 aromatic heterocycles. The highest BCUT2D eigenvalue weighted by Gasteiger charge is 2.24. The lowest BCUT2D eigenvalue weighted by Gasteiger charge is -2.18. The van der Waals surface area contributed by atoms with Crippen molar-refractivity contribution in [2.24, 2.45) is 0 Å². The first kappa shape index (κ1) is 16.5. The number of hydrogen-bond donors (Lipinski definition) is 1. The maximum atomic E-state index is 12.8. The molecule has 3 nitrogen and oxygen atoms in total. The summed E-state index contributed by atoms with van der Waals surface area (Å²) in [5.41, 5.74) is 4.08. The number of benzene rings is 1. The van der Waals surface area contributed by atoms with Crippen LogP contribution in [0.15, 0.2) is 30.3 Å². The van der Waals surface area contributed by atoms with E-state index in [-0.39, 0.29) is 18.3 Å². The summed E-state index contributed by atoms with van der Waals surface area (Å²) in [6, 6.07) is 10.7. The zero-order valence-corrected chi connectivity index (χ0v) is 14.6. The summed E-state index contributed by atoms with van der Waals surface area (Å²) in [5, 5.41) is 3.36. The lowest BCUT2D eigenvalue weighted by atomic mass is 9.91. The predicted octanol–water partition coefficient (Wildman–Crippen LogP) is 3.37. The van der Waals surface area contributed by atoms with Crippen molar-refractivity contribution in [3.05, 3.63) is 46.3 Å². The molecule has 1 aliphatic heterocycles. The van der Waals surface area contributed by atoms with E-state index in [1.54, 1.807) is 11.3 Å². The first-order chi connectivity index (χ1) is 10.8. The van der Waals surface area contributed by atoms with E-state index in [9.17, 15) is 4.79 Å². The number of fused-ring (bicyclic) bond motifs is 3. The van der Waals surface area contributed by atoms with Crippen molar-refractivity contribution in [2.45, 2.75) is 19.3 Å². The SMILES string of the molecule is Cl.O=C(c1cc2c(s1)-c1ccccc1CC2)N1CCCNCC1. The van der Waals surface area contributed by atoms with Gasteiger partial charge in [0.1, 0.15) is 0 Å². The first-order valence-electron chi connectivity index (χ1n) is 8.04. The molecule has 1 N–H and O–H groups in total. The molecule has 1 saturated heterocycles. The van der Waals surface area contributed by atoms with Crippen LogP contribution < -0.4 is 5.32 Å². The van der Waals surface area contributed by atoms with Crippen LogP contribution in [0.4, 0.5) is 0 Å². The Morgan fingerprint density at radius 2 is 1.91 bits per heavy atom. The number of nitrogens with zero attached hydrogens (tertiary/aromatic N) is 1. The Balaban J connectivity index is 0.00000156. The van der Waals surface area contributed by atoms with Crippen LogP contribution in [0.1, 0.15) is 27.2 Å². The van der Waals surface area contributed by atoms with Gasteiger partial charge in [0.2, 0.25) is 0 Å². The molecule has 0 spiro atoms. The van der Waals surface area contributed by atoms with E-state index >= 15 is 0 Å². The number of rotatable bonds is 1. The highest BCUT2D eigenvalue weighted by Crippen LogP contribution is 2.39. The van der Waals surface area contributed by atoms with Crippen molar-refractivity contribution < 1.29 is 4.79 Å². The Hall–Kier alpha value is -1.36. The van der Waals surface area contributed by atoms with Gasteiger partial charge in [-0.15, -0.1) is 23.7 Å². The summed E-state index contributed by atoms with van der Waals surface area (Å²) in [7, 11) is 0. The van der Waals surface area contributed by atoms with Gasteiger partial charge < -0.3 is 10.2 Å². The number of aryl methyl sites for hydroxylation is 2. The largest absolute Gasteiger partial charge is 0.337 e. The molecule has 2 heterocycles. The van der Waals surface area contributed by atoms with Crippen LogP contribution in [-0.4, -0.2) is 37.0 Å². The Kier molecular flexibility index (Phi) is 5.05. The van der Waals surface area contributed by atoms with Crippen molar-refractivity contribution in [3.63, 3.8) is 0 Å². The standard InChI is InChI=1S/C18H20N2OS.ClH/c21-18(20-10-3-8-19-9-11-20)16-12-14-7-6-13-4-1-2-5-15(13)17(14)22-16;/h1-2,4-5,12,19H,3,6-11H2;1H. The maximum absolute atomic E-state index is 12.8. The van der Waals surface area contributed by atoms with Crippen molar-refractivity contribution in [2.75, 3.05) is 26.2 Å². The fraction of sp³-hybridized carbons (Fsp3) is 0.389. The van der Waals surface area contributed by atoms with Gasteiger partial charge >= 0.3 is 0 Å². The second-order valence-corrected chi connectivity index (χ2v) is 7.07. The average molecular weight is 349 g/mol. The van der Waals surface area contributed by atoms with E-state index in [1.807, 2.05) is 4.90 Å². The Labute approximate surface area is 147 Å². The average Bonchev–Trinajstić information content (AvgIpc) is 2.81. The van der Waals surface area contributed by atoms with Crippen LogP contribution in [-0.2, 0) is 12.8 Å². The zero-order valence-electron chi connectivity index (χ0n) is 13.0. The molecular formula is C18H21ClN2OS. The molecule has 0 unspecified atom stereocenters. The number of amides is 1. The van der Waals surface area contributed by atoms with Crippen molar-refractivity contribution >= 4 is 29.7 Å². The number of halogens is 1. The Morgan fingerprint density at radius 3 is 2.83 bits per heavy atom. The molecule has 1 amide bonds. The summed E-state index contributed by atoms with van der Waals surface area (Å²) >= 11 is 1.67. The molecule has 1 aromatic carbocycles. The van der Waals surface area contributed by atoms with Crippen LogP contribution in [0.5, 0.6) is 0 Å². The minimum absolute atomic E-state index is 0. The van der Waals surface area contributed by atoms with E-state index in [4.69, 9.17) is 0 Å². The van der Waals surface area contributed by atoms with Crippen molar-refractivity contribution in [3.8, 4) is 10.4 Å². The smallest absolute Gasteiger partial charge is 0.263 e.